The highest BCUT2D eigenvalue weighted by Crippen LogP contribution is 2.34. The first-order valence-corrected chi connectivity index (χ1v) is 6.93. The van der Waals surface area contributed by atoms with Crippen molar-refractivity contribution in [1.82, 2.24) is 20.0 Å². The first-order valence-electron chi connectivity index (χ1n) is 6.93. The van der Waals surface area contributed by atoms with Crippen molar-refractivity contribution in [1.29, 1.82) is 0 Å². The quantitative estimate of drug-likeness (QED) is 0.922. The van der Waals surface area contributed by atoms with Crippen LogP contribution in [0.15, 0.2) is 12.4 Å². The number of halogens is 1. The maximum absolute atomic E-state index is 12.6. The van der Waals surface area contributed by atoms with Crippen molar-refractivity contribution < 1.29 is 4.79 Å². The van der Waals surface area contributed by atoms with Gasteiger partial charge >= 0.3 is 0 Å². The predicted octanol–water partition coefficient (Wildman–Crippen LogP) is 1.75. The van der Waals surface area contributed by atoms with Crippen LogP contribution in [0.2, 0.25) is 0 Å². The molecule has 1 saturated heterocycles. The van der Waals surface area contributed by atoms with Crippen molar-refractivity contribution in [2.45, 2.75) is 32.7 Å². The lowest BCUT2D eigenvalue weighted by Crippen LogP contribution is -2.39. The summed E-state index contributed by atoms with van der Waals surface area (Å²) in [6.07, 6.45) is 5.87. The summed E-state index contributed by atoms with van der Waals surface area (Å²) >= 11 is 0. The lowest BCUT2D eigenvalue weighted by molar-refractivity contribution is -0.132. The molecule has 114 valence electrons. The van der Waals surface area contributed by atoms with Crippen molar-refractivity contribution in [3.63, 3.8) is 0 Å². The van der Waals surface area contributed by atoms with Crippen molar-refractivity contribution in [2.75, 3.05) is 20.1 Å². The Morgan fingerprint density at radius 1 is 1.60 bits per heavy atom. The molecule has 1 aromatic rings. The van der Waals surface area contributed by atoms with Crippen LogP contribution in [0.5, 0.6) is 0 Å². The molecule has 0 bridgehead atoms. The van der Waals surface area contributed by atoms with E-state index in [1.807, 2.05) is 25.2 Å². The summed E-state index contributed by atoms with van der Waals surface area (Å²) < 4.78 is 1.73. The smallest absolute Gasteiger partial charge is 0.244 e. The maximum atomic E-state index is 12.6. The molecule has 2 atom stereocenters. The molecule has 0 spiro atoms. The number of likely N-dealkylation sites (tertiary alicyclic amines) is 1. The molecular weight excluding hydrogens is 276 g/mol. The number of hydrogen-bond acceptors (Lipinski definition) is 3. The van der Waals surface area contributed by atoms with E-state index in [1.165, 1.54) is 0 Å². The van der Waals surface area contributed by atoms with Gasteiger partial charge in [0.2, 0.25) is 5.91 Å². The average molecular weight is 301 g/mol. The number of aryl methyl sites for hydroxylation is 1. The van der Waals surface area contributed by atoms with Crippen LogP contribution >= 0.6 is 12.4 Å². The van der Waals surface area contributed by atoms with Gasteiger partial charge in [-0.3, -0.25) is 9.48 Å². The lowest BCUT2D eigenvalue weighted by Gasteiger charge is -2.25. The fourth-order valence-corrected chi connectivity index (χ4v) is 2.70. The van der Waals surface area contributed by atoms with E-state index in [9.17, 15) is 4.79 Å². The van der Waals surface area contributed by atoms with Crippen LogP contribution in [0.3, 0.4) is 0 Å². The van der Waals surface area contributed by atoms with Crippen molar-refractivity contribution >= 4 is 18.3 Å². The zero-order valence-electron chi connectivity index (χ0n) is 12.7. The van der Waals surface area contributed by atoms with Crippen LogP contribution in [-0.2, 0) is 11.8 Å². The SMILES string of the molecule is CCC1(C)CCN(C(=O)C(NC)c2cnn(C)c2)C1.Cl. The van der Waals surface area contributed by atoms with E-state index in [2.05, 4.69) is 24.3 Å². The Bertz CT molecular complexity index is 462. The predicted molar refractivity (Wildman–Crippen MR) is 81.9 cm³/mol. The first-order chi connectivity index (χ1) is 8.99. The minimum Gasteiger partial charge on any atom is -0.340 e. The number of likely N-dealkylation sites (N-methyl/N-ethyl adjacent to an activating group) is 1. The maximum Gasteiger partial charge on any atom is 0.244 e. The standard InChI is InChI=1S/C14H24N4O.ClH/c1-5-14(2)6-7-18(10-14)13(19)12(15-3)11-8-16-17(4)9-11;/h8-9,12,15H,5-7,10H2,1-4H3;1H. The minimum atomic E-state index is -0.284. The Labute approximate surface area is 127 Å². The van der Waals surface area contributed by atoms with Crippen LogP contribution in [0, 0.1) is 5.41 Å². The second kappa shape index (κ2) is 6.59. The fourth-order valence-electron chi connectivity index (χ4n) is 2.70. The van der Waals surface area contributed by atoms with Crippen molar-refractivity contribution in [2.24, 2.45) is 12.5 Å². The highest BCUT2D eigenvalue weighted by molar-refractivity contribution is 5.85. The number of carbonyl (C=O) groups excluding carboxylic acids is 1. The molecule has 0 aromatic carbocycles. The Kier molecular flexibility index (Phi) is 5.59. The summed E-state index contributed by atoms with van der Waals surface area (Å²) in [6, 6.07) is -0.284. The Balaban J connectivity index is 0.00000200. The van der Waals surface area contributed by atoms with Gasteiger partial charge < -0.3 is 10.2 Å². The number of rotatable bonds is 4. The highest BCUT2D eigenvalue weighted by atomic mass is 35.5. The highest BCUT2D eigenvalue weighted by Gasteiger charge is 2.37. The summed E-state index contributed by atoms with van der Waals surface area (Å²) in [4.78, 5) is 14.6. The largest absolute Gasteiger partial charge is 0.340 e. The van der Waals surface area contributed by atoms with E-state index in [-0.39, 0.29) is 29.8 Å². The van der Waals surface area contributed by atoms with E-state index < -0.39 is 0 Å². The summed E-state index contributed by atoms with van der Waals surface area (Å²) in [6.45, 7) is 6.19. The molecule has 2 unspecified atom stereocenters. The summed E-state index contributed by atoms with van der Waals surface area (Å²) in [5.41, 5.74) is 1.21. The van der Waals surface area contributed by atoms with Gasteiger partial charge in [0.05, 0.1) is 6.20 Å². The third-order valence-corrected chi connectivity index (χ3v) is 4.32. The van der Waals surface area contributed by atoms with Crippen LogP contribution in [0.1, 0.15) is 38.3 Å². The van der Waals surface area contributed by atoms with E-state index in [4.69, 9.17) is 0 Å². The van der Waals surface area contributed by atoms with Crippen LogP contribution in [0.4, 0.5) is 0 Å². The molecule has 1 N–H and O–H groups in total. The van der Waals surface area contributed by atoms with Gasteiger partial charge in [0.25, 0.3) is 0 Å². The Morgan fingerprint density at radius 2 is 2.30 bits per heavy atom. The van der Waals surface area contributed by atoms with E-state index in [0.29, 0.717) is 0 Å². The molecule has 0 aliphatic carbocycles. The van der Waals surface area contributed by atoms with Gasteiger partial charge in [-0.25, -0.2) is 0 Å². The third-order valence-electron chi connectivity index (χ3n) is 4.32. The van der Waals surface area contributed by atoms with Crippen LogP contribution < -0.4 is 5.32 Å². The zero-order valence-corrected chi connectivity index (χ0v) is 13.5. The normalized spacial score (nSPS) is 23.5. The molecular formula is C14H25ClN4O. The number of nitrogens with zero attached hydrogens (tertiary/aromatic N) is 3. The fraction of sp³-hybridized carbons (Fsp3) is 0.714. The topological polar surface area (TPSA) is 50.2 Å². The summed E-state index contributed by atoms with van der Waals surface area (Å²) in [7, 11) is 3.69. The Hall–Kier alpha value is -1.07. The van der Waals surface area contributed by atoms with Gasteiger partial charge in [-0.1, -0.05) is 13.8 Å². The lowest BCUT2D eigenvalue weighted by atomic mass is 9.87. The second-order valence-electron chi connectivity index (χ2n) is 5.84. The van der Waals surface area contributed by atoms with Crippen LogP contribution in [0.25, 0.3) is 0 Å². The van der Waals surface area contributed by atoms with E-state index >= 15 is 0 Å². The monoisotopic (exact) mass is 300 g/mol. The van der Waals surface area contributed by atoms with Gasteiger partial charge in [-0.2, -0.15) is 5.10 Å². The molecule has 0 radical (unpaired) electrons. The van der Waals surface area contributed by atoms with Gasteiger partial charge in [-0.05, 0) is 25.3 Å². The molecule has 1 aliphatic rings. The molecule has 20 heavy (non-hydrogen) atoms. The Morgan fingerprint density at radius 3 is 2.75 bits per heavy atom. The van der Waals surface area contributed by atoms with E-state index in [1.54, 1.807) is 10.9 Å². The van der Waals surface area contributed by atoms with Gasteiger partial charge in [0, 0.05) is 31.9 Å². The van der Waals surface area contributed by atoms with Gasteiger partial charge in [0.1, 0.15) is 6.04 Å². The van der Waals surface area contributed by atoms with Gasteiger partial charge in [0.15, 0.2) is 0 Å². The summed E-state index contributed by atoms with van der Waals surface area (Å²) in [5, 5.41) is 7.25. The molecule has 1 fully saturated rings. The second-order valence-corrected chi connectivity index (χ2v) is 5.84. The number of carbonyl (C=O) groups is 1. The molecule has 1 aliphatic heterocycles. The zero-order chi connectivity index (χ0) is 14.0. The number of amides is 1. The average Bonchev–Trinajstić information content (AvgIpc) is 2.98. The summed E-state index contributed by atoms with van der Waals surface area (Å²) in [5.74, 6) is 0.160. The molecule has 6 heteroatoms. The number of hydrogen-bond donors (Lipinski definition) is 1. The molecule has 1 amide bonds. The molecule has 1 aromatic heterocycles. The number of nitrogens with one attached hydrogen (secondary N) is 1. The number of aromatic nitrogens is 2. The molecule has 0 saturated carbocycles. The van der Waals surface area contributed by atoms with Crippen molar-refractivity contribution in [3.8, 4) is 0 Å². The van der Waals surface area contributed by atoms with Gasteiger partial charge in [-0.15, -0.1) is 12.4 Å². The van der Waals surface area contributed by atoms with Crippen molar-refractivity contribution in [3.05, 3.63) is 18.0 Å². The van der Waals surface area contributed by atoms with Crippen LogP contribution in [-0.4, -0.2) is 40.7 Å². The van der Waals surface area contributed by atoms with E-state index in [0.717, 1.165) is 31.5 Å². The minimum absolute atomic E-state index is 0. The molecule has 5 nitrogen and oxygen atoms in total. The molecule has 2 heterocycles. The first kappa shape index (κ1) is 17.0. The molecule has 2 rings (SSSR count). The third kappa shape index (κ3) is 3.33.